The predicted molar refractivity (Wildman–Crippen MR) is 128 cm³/mol. The number of hydrogen-bond donors (Lipinski definition) is 3. The van der Waals surface area contributed by atoms with Crippen LogP contribution in [0.25, 0.3) is 0 Å². The third-order valence-electron chi connectivity index (χ3n) is 4.31. The monoisotopic (exact) mass is 533 g/mol. The predicted octanol–water partition coefficient (Wildman–Crippen LogP) is 4.07. The molecule has 9 heteroatoms. The van der Waals surface area contributed by atoms with Crippen LogP contribution in [0.4, 0.5) is 5.69 Å². The number of benzene rings is 1. The fourth-order valence-corrected chi connectivity index (χ4v) is 3.04. The topological polar surface area (TPSA) is 91.6 Å². The van der Waals surface area contributed by atoms with Crippen molar-refractivity contribution < 1.29 is 9.32 Å². The molecule has 160 valence electrons. The molecule has 0 radical (unpaired) electrons. The average Bonchev–Trinajstić information content (AvgIpc) is 3.08. The minimum absolute atomic E-state index is 0. The second-order valence-electron chi connectivity index (χ2n) is 6.37. The van der Waals surface area contributed by atoms with Gasteiger partial charge in [-0.3, -0.25) is 9.79 Å². The Bertz CT molecular complexity index is 817. The molecule has 0 spiro atoms. The van der Waals surface area contributed by atoms with Crippen LogP contribution in [-0.4, -0.2) is 30.6 Å². The van der Waals surface area contributed by atoms with Crippen LogP contribution >= 0.6 is 35.6 Å². The molecule has 1 aromatic carbocycles. The number of aryl methyl sites for hydroxylation is 3. The molecule has 29 heavy (non-hydrogen) atoms. The normalized spacial score (nSPS) is 11.0. The number of carbonyl (C=O) groups is 1. The molecule has 1 amide bonds. The van der Waals surface area contributed by atoms with Gasteiger partial charge in [-0.15, -0.1) is 24.0 Å². The first-order chi connectivity index (χ1) is 13.5. The second-order valence-corrected chi connectivity index (χ2v) is 6.78. The molecule has 1 heterocycles. The number of amides is 1. The minimum atomic E-state index is -0.116. The van der Waals surface area contributed by atoms with Gasteiger partial charge in [-0.1, -0.05) is 36.7 Å². The summed E-state index contributed by atoms with van der Waals surface area (Å²) in [6.45, 7) is 7.05. The maximum absolute atomic E-state index is 12.1. The first-order valence-corrected chi connectivity index (χ1v) is 9.83. The van der Waals surface area contributed by atoms with Gasteiger partial charge in [0.15, 0.2) is 5.96 Å². The third kappa shape index (κ3) is 7.50. The Balaban J connectivity index is 0.00000420. The summed E-state index contributed by atoms with van der Waals surface area (Å²) in [5.41, 5.74) is 3.69. The zero-order valence-electron chi connectivity index (χ0n) is 17.3. The molecule has 7 nitrogen and oxygen atoms in total. The molecule has 2 aromatic rings. The van der Waals surface area contributed by atoms with Crippen molar-refractivity contribution in [2.45, 2.75) is 46.6 Å². The molecule has 0 aliphatic rings. The van der Waals surface area contributed by atoms with E-state index in [1.807, 2.05) is 32.9 Å². The van der Waals surface area contributed by atoms with Crippen molar-refractivity contribution in [3.63, 3.8) is 0 Å². The zero-order chi connectivity index (χ0) is 20.5. The number of halogens is 2. The lowest BCUT2D eigenvalue weighted by Gasteiger charge is -2.12. The summed E-state index contributed by atoms with van der Waals surface area (Å²) in [7, 11) is 1.69. The molecule has 0 unspecified atom stereocenters. The van der Waals surface area contributed by atoms with Gasteiger partial charge in [-0.25, -0.2) is 0 Å². The van der Waals surface area contributed by atoms with Crippen molar-refractivity contribution in [2.75, 3.05) is 18.9 Å². The van der Waals surface area contributed by atoms with E-state index in [9.17, 15) is 4.79 Å². The molecular formula is C20H29ClIN5O2. The highest BCUT2D eigenvalue weighted by Crippen LogP contribution is 2.22. The number of carbonyl (C=O) groups excluding carboxylic acids is 1. The third-order valence-corrected chi connectivity index (χ3v) is 4.62. The maximum atomic E-state index is 12.1. The summed E-state index contributed by atoms with van der Waals surface area (Å²) >= 11 is 6.15. The molecule has 1 aromatic heterocycles. The second kappa shape index (κ2) is 12.7. The van der Waals surface area contributed by atoms with E-state index in [0.29, 0.717) is 36.2 Å². The van der Waals surface area contributed by atoms with E-state index in [2.05, 4.69) is 26.1 Å². The van der Waals surface area contributed by atoms with E-state index in [0.717, 1.165) is 35.4 Å². The number of hydrogen-bond acceptors (Lipinski definition) is 4. The lowest BCUT2D eigenvalue weighted by Crippen LogP contribution is -2.38. The highest BCUT2D eigenvalue weighted by atomic mass is 127. The lowest BCUT2D eigenvalue weighted by atomic mass is 10.1. The van der Waals surface area contributed by atoms with Gasteiger partial charge in [0.05, 0.1) is 16.4 Å². The zero-order valence-corrected chi connectivity index (χ0v) is 20.4. The van der Waals surface area contributed by atoms with E-state index >= 15 is 0 Å². The SMILES string of the molecule is CCc1noc(CC)c1CNC(=NC)NCCC(=O)Nc1ccc(C)cc1Cl.I. The van der Waals surface area contributed by atoms with Crippen LogP contribution in [0.1, 0.15) is 42.8 Å². The molecule has 0 saturated heterocycles. The van der Waals surface area contributed by atoms with E-state index in [-0.39, 0.29) is 29.9 Å². The Morgan fingerprint density at radius 1 is 1.24 bits per heavy atom. The van der Waals surface area contributed by atoms with Gasteiger partial charge in [-0.05, 0) is 31.0 Å². The summed E-state index contributed by atoms with van der Waals surface area (Å²) in [4.78, 5) is 16.3. The molecule has 0 atom stereocenters. The van der Waals surface area contributed by atoms with Crippen molar-refractivity contribution in [3.8, 4) is 0 Å². The molecule has 0 bridgehead atoms. The number of rotatable bonds is 8. The van der Waals surface area contributed by atoms with Crippen molar-refractivity contribution in [1.82, 2.24) is 15.8 Å². The number of nitrogens with zero attached hydrogens (tertiary/aromatic N) is 2. The van der Waals surface area contributed by atoms with Gasteiger partial charge < -0.3 is 20.5 Å². The van der Waals surface area contributed by atoms with Crippen LogP contribution in [-0.2, 0) is 24.2 Å². The molecule has 0 fully saturated rings. The van der Waals surface area contributed by atoms with E-state index in [1.165, 1.54) is 0 Å². The molecular weight excluding hydrogens is 505 g/mol. The quantitative estimate of drug-likeness (QED) is 0.270. The van der Waals surface area contributed by atoms with Crippen LogP contribution < -0.4 is 16.0 Å². The Morgan fingerprint density at radius 3 is 2.62 bits per heavy atom. The first-order valence-electron chi connectivity index (χ1n) is 9.45. The minimum Gasteiger partial charge on any atom is -0.361 e. The van der Waals surface area contributed by atoms with Gasteiger partial charge in [0, 0.05) is 38.5 Å². The Hall–Kier alpha value is -1.81. The van der Waals surface area contributed by atoms with Crippen LogP contribution in [0.3, 0.4) is 0 Å². The van der Waals surface area contributed by atoms with Crippen LogP contribution in [0.5, 0.6) is 0 Å². The van der Waals surface area contributed by atoms with Crippen molar-refractivity contribution in [1.29, 1.82) is 0 Å². The van der Waals surface area contributed by atoms with E-state index < -0.39 is 0 Å². The summed E-state index contributed by atoms with van der Waals surface area (Å²) < 4.78 is 5.37. The van der Waals surface area contributed by atoms with Crippen molar-refractivity contribution in [3.05, 3.63) is 45.8 Å². The fraction of sp³-hybridized carbons (Fsp3) is 0.450. The highest BCUT2D eigenvalue weighted by molar-refractivity contribution is 14.0. The van der Waals surface area contributed by atoms with E-state index in [4.69, 9.17) is 16.1 Å². The van der Waals surface area contributed by atoms with Crippen LogP contribution in [0.2, 0.25) is 5.02 Å². The summed E-state index contributed by atoms with van der Waals surface area (Å²) in [5, 5.41) is 13.9. The Labute approximate surface area is 194 Å². The average molecular weight is 534 g/mol. The molecule has 0 saturated carbocycles. The number of nitrogens with one attached hydrogen (secondary N) is 3. The summed E-state index contributed by atoms with van der Waals surface area (Å²) in [6.07, 6.45) is 1.89. The number of guanidine groups is 1. The lowest BCUT2D eigenvalue weighted by molar-refractivity contribution is -0.116. The van der Waals surface area contributed by atoms with Crippen molar-refractivity contribution in [2.24, 2.45) is 4.99 Å². The molecule has 2 rings (SSSR count). The maximum Gasteiger partial charge on any atom is 0.226 e. The molecule has 0 aliphatic heterocycles. The standard InChI is InChI=1S/C20H28ClN5O2.HI/c1-5-16-14(18(6-2)28-26-16)12-24-20(22-4)23-10-9-19(27)25-17-8-7-13(3)11-15(17)21;/h7-8,11H,5-6,9-10,12H2,1-4H3,(H,25,27)(H2,22,23,24);1H. The molecule has 0 aliphatic carbocycles. The summed E-state index contributed by atoms with van der Waals surface area (Å²) in [6, 6.07) is 5.53. The van der Waals surface area contributed by atoms with Crippen LogP contribution in [0, 0.1) is 6.92 Å². The van der Waals surface area contributed by atoms with Gasteiger partial charge in [-0.2, -0.15) is 0 Å². The fourth-order valence-electron chi connectivity index (χ4n) is 2.76. The van der Waals surface area contributed by atoms with Crippen molar-refractivity contribution >= 4 is 53.1 Å². The van der Waals surface area contributed by atoms with Gasteiger partial charge in [0.1, 0.15) is 5.76 Å². The molecule has 3 N–H and O–H groups in total. The number of anilines is 1. The van der Waals surface area contributed by atoms with Gasteiger partial charge >= 0.3 is 0 Å². The smallest absolute Gasteiger partial charge is 0.226 e. The Morgan fingerprint density at radius 2 is 2.00 bits per heavy atom. The van der Waals surface area contributed by atoms with Gasteiger partial charge in [0.2, 0.25) is 5.91 Å². The summed E-state index contributed by atoms with van der Waals surface area (Å²) in [5.74, 6) is 1.38. The number of aliphatic imine (C=N–C) groups is 1. The van der Waals surface area contributed by atoms with Crippen LogP contribution in [0.15, 0.2) is 27.7 Å². The first kappa shape index (κ1) is 25.2. The van der Waals surface area contributed by atoms with Gasteiger partial charge in [0.25, 0.3) is 0 Å². The van der Waals surface area contributed by atoms with E-state index in [1.54, 1.807) is 13.1 Å². The Kier molecular flexibility index (Phi) is 11.0. The highest BCUT2D eigenvalue weighted by Gasteiger charge is 2.13. The largest absolute Gasteiger partial charge is 0.361 e. The number of aromatic nitrogens is 1.